The van der Waals surface area contributed by atoms with E-state index in [9.17, 15) is 9.59 Å². The maximum Gasteiger partial charge on any atom is 0.223 e. The number of nitrogens with zero attached hydrogens (tertiary/aromatic N) is 1. The summed E-state index contributed by atoms with van der Waals surface area (Å²) in [6, 6.07) is 29.4. The van der Waals surface area contributed by atoms with E-state index in [4.69, 9.17) is 0 Å². The summed E-state index contributed by atoms with van der Waals surface area (Å²) in [4.78, 5) is 29.1. The Labute approximate surface area is 184 Å². The zero-order chi connectivity index (χ0) is 21.5. The molecule has 0 bridgehead atoms. The molecule has 3 heteroatoms. The number of carbonyl (C=O) groups excluding carboxylic acids is 2. The fourth-order valence-electron chi connectivity index (χ4n) is 4.60. The first-order chi connectivity index (χ1) is 15.2. The largest absolute Gasteiger partial charge is 0.343 e. The second-order valence-corrected chi connectivity index (χ2v) is 8.28. The third-order valence-corrected chi connectivity index (χ3v) is 6.23. The Morgan fingerprint density at radius 2 is 1.19 bits per heavy atom. The van der Waals surface area contributed by atoms with Gasteiger partial charge in [0.1, 0.15) is 0 Å². The van der Waals surface area contributed by atoms with E-state index in [0.29, 0.717) is 12.0 Å². The molecule has 1 aliphatic rings. The Morgan fingerprint density at radius 1 is 0.677 bits per heavy atom. The van der Waals surface area contributed by atoms with Crippen molar-refractivity contribution in [1.82, 2.24) is 4.90 Å². The number of ketones is 1. The van der Waals surface area contributed by atoms with Crippen LogP contribution in [0.2, 0.25) is 0 Å². The van der Waals surface area contributed by atoms with Crippen molar-refractivity contribution in [3.05, 3.63) is 108 Å². The number of Topliss-reactive ketones (excluding diaryl/α,β-unsaturated/α-hetero) is 1. The summed E-state index contributed by atoms with van der Waals surface area (Å²) in [6.07, 6.45) is 3.65. The van der Waals surface area contributed by atoms with Crippen LogP contribution in [-0.2, 0) is 4.79 Å². The molecule has 1 aliphatic heterocycles. The van der Waals surface area contributed by atoms with Gasteiger partial charge in [-0.1, -0.05) is 91.0 Å². The molecule has 0 saturated carbocycles. The third-order valence-electron chi connectivity index (χ3n) is 6.23. The monoisotopic (exact) mass is 411 g/mol. The molecule has 158 valence electrons. The molecule has 1 fully saturated rings. The molecule has 1 saturated heterocycles. The first-order valence-electron chi connectivity index (χ1n) is 11.2. The van der Waals surface area contributed by atoms with E-state index in [1.807, 2.05) is 95.9 Å². The molecule has 0 spiro atoms. The van der Waals surface area contributed by atoms with Gasteiger partial charge in [0.25, 0.3) is 0 Å². The summed E-state index contributed by atoms with van der Waals surface area (Å²) in [6.45, 7) is 1.64. The van der Waals surface area contributed by atoms with Gasteiger partial charge in [-0.15, -0.1) is 0 Å². The van der Waals surface area contributed by atoms with Crippen LogP contribution in [0.1, 0.15) is 59.0 Å². The number of piperidine rings is 1. The number of hydrogen-bond donors (Lipinski definition) is 0. The lowest BCUT2D eigenvalue weighted by atomic mass is 9.75. The molecule has 2 atom stereocenters. The highest BCUT2D eigenvalue weighted by Gasteiger charge is 2.34. The molecule has 1 heterocycles. The zero-order valence-electron chi connectivity index (χ0n) is 17.8. The Hall–Kier alpha value is -3.20. The van der Waals surface area contributed by atoms with Gasteiger partial charge in [0.2, 0.25) is 5.91 Å². The van der Waals surface area contributed by atoms with Crippen LogP contribution in [0.3, 0.4) is 0 Å². The molecule has 0 radical (unpaired) electrons. The lowest BCUT2D eigenvalue weighted by molar-refractivity contribution is -0.132. The summed E-state index contributed by atoms with van der Waals surface area (Å²) < 4.78 is 0. The van der Waals surface area contributed by atoms with Gasteiger partial charge < -0.3 is 4.90 Å². The molecule has 3 nitrogen and oxygen atoms in total. The fourth-order valence-corrected chi connectivity index (χ4v) is 4.60. The fraction of sp³-hybridized carbons (Fsp3) is 0.286. The van der Waals surface area contributed by atoms with Crippen molar-refractivity contribution in [3.63, 3.8) is 0 Å². The average molecular weight is 412 g/mol. The summed E-state index contributed by atoms with van der Waals surface area (Å²) in [7, 11) is 0. The predicted octanol–water partition coefficient (Wildman–Crippen LogP) is 5.84. The average Bonchev–Trinajstić information content (AvgIpc) is 2.85. The molecule has 31 heavy (non-hydrogen) atoms. The van der Waals surface area contributed by atoms with Crippen LogP contribution in [0.15, 0.2) is 91.0 Å². The number of likely N-dealkylation sites (tertiary alicyclic amines) is 1. The summed E-state index contributed by atoms with van der Waals surface area (Å²) in [5, 5.41) is 0. The van der Waals surface area contributed by atoms with Crippen LogP contribution in [0, 0.1) is 0 Å². The van der Waals surface area contributed by atoms with Crippen LogP contribution < -0.4 is 0 Å². The highest BCUT2D eigenvalue weighted by Crippen LogP contribution is 2.39. The van der Waals surface area contributed by atoms with Crippen molar-refractivity contribution in [2.75, 3.05) is 13.1 Å². The SMILES string of the molecule is O=C(c1ccccc1)C(c1ccccc1)C(CC(=O)N1CCCCC1)c1ccccc1. The van der Waals surface area contributed by atoms with Crippen LogP contribution in [0.5, 0.6) is 0 Å². The third kappa shape index (κ3) is 5.11. The molecule has 1 amide bonds. The minimum Gasteiger partial charge on any atom is -0.343 e. The second-order valence-electron chi connectivity index (χ2n) is 8.28. The van der Waals surface area contributed by atoms with Crippen LogP contribution in [0.4, 0.5) is 0 Å². The van der Waals surface area contributed by atoms with E-state index in [1.54, 1.807) is 0 Å². The van der Waals surface area contributed by atoms with Gasteiger partial charge in [-0.05, 0) is 30.4 Å². The Balaban J connectivity index is 1.74. The maximum absolute atomic E-state index is 13.8. The molecule has 3 aromatic carbocycles. The van der Waals surface area contributed by atoms with Crippen LogP contribution in [0.25, 0.3) is 0 Å². The van der Waals surface area contributed by atoms with E-state index in [1.165, 1.54) is 6.42 Å². The highest BCUT2D eigenvalue weighted by molar-refractivity contribution is 6.02. The van der Waals surface area contributed by atoms with Gasteiger partial charge in [-0.3, -0.25) is 9.59 Å². The Kier molecular flexibility index (Phi) is 6.93. The van der Waals surface area contributed by atoms with Gasteiger partial charge in [-0.25, -0.2) is 0 Å². The molecule has 0 aliphatic carbocycles. The number of rotatable bonds is 7. The summed E-state index contributed by atoms with van der Waals surface area (Å²) in [5.74, 6) is -0.423. The van der Waals surface area contributed by atoms with Crippen molar-refractivity contribution in [2.24, 2.45) is 0 Å². The number of benzene rings is 3. The molecule has 2 unspecified atom stereocenters. The van der Waals surface area contributed by atoms with Gasteiger partial charge in [0.05, 0.1) is 5.92 Å². The molecular formula is C28H29NO2. The van der Waals surface area contributed by atoms with E-state index in [-0.39, 0.29) is 17.6 Å². The molecule has 3 aromatic rings. The number of hydrogen-bond acceptors (Lipinski definition) is 2. The van der Waals surface area contributed by atoms with Crippen LogP contribution in [-0.4, -0.2) is 29.7 Å². The molecule has 4 rings (SSSR count). The predicted molar refractivity (Wildman–Crippen MR) is 124 cm³/mol. The number of amides is 1. The van der Waals surface area contributed by atoms with Crippen molar-refractivity contribution >= 4 is 11.7 Å². The van der Waals surface area contributed by atoms with Crippen molar-refractivity contribution in [1.29, 1.82) is 0 Å². The van der Waals surface area contributed by atoms with Gasteiger partial charge >= 0.3 is 0 Å². The first-order valence-corrected chi connectivity index (χ1v) is 11.2. The molecule has 0 N–H and O–H groups in total. The topological polar surface area (TPSA) is 37.4 Å². The second kappa shape index (κ2) is 10.2. The lowest BCUT2D eigenvalue weighted by Crippen LogP contribution is -2.37. The minimum absolute atomic E-state index is 0.0621. The minimum atomic E-state index is -0.417. The lowest BCUT2D eigenvalue weighted by Gasteiger charge is -2.31. The van der Waals surface area contributed by atoms with E-state index >= 15 is 0 Å². The maximum atomic E-state index is 13.8. The smallest absolute Gasteiger partial charge is 0.223 e. The standard InChI is InChI=1S/C28H29NO2/c30-26(29-19-11-4-12-20-29)21-25(22-13-5-1-6-14-22)27(23-15-7-2-8-16-23)28(31)24-17-9-3-10-18-24/h1-3,5-10,13-18,25,27H,4,11-12,19-21H2. The van der Waals surface area contributed by atoms with E-state index in [0.717, 1.165) is 37.1 Å². The molecular weight excluding hydrogens is 382 g/mol. The first kappa shape index (κ1) is 21.0. The van der Waals surface area contributed by atoms with Crippen molar-refractivity contribution < 1.29 is 9.59 Å². The van der Waals surface area contributed by atoms with Crippen molar-refractivity contribution in [3.8, 4) is 0 Å². The van der Waals surface area contributed by atoms with Gasteiger partial charge in [0.15, 0.2) is 5.78 Å². The highest BCUT2D eigenvalue weighted by atomic mass is 16.2. The van der Waals surface area contributed by atoms with Gasteiger partial charge in [-0.2, -0.15) is 0 Å². The van der Waals surface area contributed by atoms with E-state index < -0.39 is 5.92 Å². The quantitative estimate of drug-likeness (QED) is 0.458. The zero-order valence-corrected chi connectivity index (χ0v) is 17.8. The number of carbonyl (C=O) groups is 2. The Morgan fingerprint density at radius 3 is 1.77 bits per heavy atom. The van der Waals surface area contributed by atoms with Gasteiger partial charge in [0, 0.05) is 31.0 Å². The van der Waals surface area contributed by atoms with Crippen LogP contribution >= 0.6 is 0 Å². The van der Waals surface area contributed by atoms with Crippen molar-refractivity contribution in [2.45, 2.75) is 37.5 Å². The van der Waals surface area contributed by atoms with E-state index in [2.05, 4.69) is 0 Å². The molecule has 0 aromatic heterocycles. The summed E-state index contributed by atoms with van der Waals surface area (Å²) in [5.41, 5.74) is 2.67. The Bertz CT molecular complexity index is 979. The summed E-state index contributed by atoms with van der Waals surface area (Å²) >= 11 is 0. The normalized spacial score (nSPS) is 15.8.